The van der Waals surface area contributed by atoms with E-state index >= 15 is 0 Å². The summed E-state index contributed by atoms with van der Waals surface area (Å²) in [5, 5.41) is 9.93. The van der Waals surface area contributed by atoms with E-state index in [9.17, 15) is 5.11 Å². The van der Waals surface area contributed by atoms with Gasteiger partial charge >= 0.3 is 0 Å². The van der Waals surface area contributed by atoms with Crippen LogP contribution < -0.4 is 0 Å². The normalized spacial score (nSPS) is 27.3. The third kappa shape index (κ3) is 1.89. The molecule has 1 aromatic heterocycles. The van der Waals surface area contributed by atoms with Crippen LogP contribution in [0.25, 0.3) is 0 Å². The Balaban J connectivity index is 2.36. The van der Waals surface area contributed by atoms with E-state index in [0.29, 0.717) is 0 Å². The Bertz CT molecular complexity index is 308. The molecule has 1 atom stereocenters. The van der Waals surface area contributed by atoms with Crippen molar-refractivity contribution in [3.05, 3.63) is 23.5 Å². The Morgan fingerprint density at radius 3 is 3.15 bits per heavy atom. The fourth-order valence-electron chi connectivity index (χ4n) is 1.82. The molecule has 1 aromatic rings. The van der Waals surface area contributed by atoms with E-state index < -0.39 is 5.60 Å². The molecule has 1 aliphatic carbocycles. The van der Waals surface area contributed by atoms with Gasteiger partial charge < -0.3 is 5.11 Å². The summed E-state index contributed by atoms with van der Waals surface area (Å²) in [7, 11) is 1.67. The van der Waals surface area contributed by atoms with Gasteiger partial charge in [0.1, 0.15) is 0 Å². The molecule has 0 fully saturated rings. The standard InChI is InChI=1S/C9H12INOS/c1-9(12)4-2-7-3-5-11(13-10)8(7)6-9/h3,5,12H,2,4,6H2,1H3. The molecule has 0 bridgehead atoms. The van der Waals surface area contributed by atoms with Gasteiger partial charge in [0.05, 0.1) is 5.60 Å². The Morgan fingerprint density at radius 1 is 1.69 bits per heavy atom. The average Bonchev–Trinajstić information content (AvgIpc) is 2.44. The summed E-state index contributed by atoms with van der Waals surface area (Å²) in [5.41, 5.74) is 2.18. The highest BCUT2D eigenvalue weighted by molar-refractivity contribution is 14.2. The maximum absolute atomic E-state index is 9.93. The largest absolute Gasteiger partial charge is 0.390 e. The summed E-state index contributed by atoms with van der Waals surface area (Å²) >= 11 is 2.27. The lowest BCUT2D eigenvalue weighted by molar-refractivity contribution is 0.0447. The van der Waals surface area contributed by atoms with Crippen molar-refractivity contribution in [1.29, 1.82) is 0 Å². The Labute approximate surface area is 94.4 Å². The maximum Gasteiger partial charge on any atom is 0.0677 e. The summed E-state index contributed by atoms with van der Waals surface area (Å²) in [6.45, 7) is 1.92. The molecule has 1 heterocycles. The van der Waals surface area contributed by atoms with E-state index in [1.54, 1.807) is 9.12 Å². The monoisotopic (exact) mass is 309 g/mol. The molecule has 1 N–H and O–H groups in total. The molecule has 13 heavy (non-hydrogen) atoms. The third-order valence-corrected chi connectivity index (χ3v) is 4.37. The zero-order valence-electron chi connectivity index (χ0n) is 7.46. The fourth-order valence-corrected chi connectivity index (χ4v) is 3.30. The zero-order valence-corrected chi connectivity index (χ0v) is 10.4. The van der Waals surface area contributed by atoms with Crippen LogP contribution in [0.1, 0.15) is 24.6 Å². The van der Waals surface area contributed by atoms with Crippen LogP contribution in [0.15, 0.2) is 12.3 Å². The minimum absolute atomic E-state index is 0.504. The first-order valence-electron chi connectivity index (χ1n) is 4.33. The summed E-state index contributed by atoms with van der Waals surface area (Å²) in [4.78, 5) is 0. The summed E-state index contributed by atoms with van der Waals surface area (Å²) in [6, 6.07) is 2.16. The zero-order chi connectivity index (χ0) is 9.47. The molecule has 0 aliphatic heterocycles. The van der Waals surface area contributed by atoms with E-state index in [0.717, 1.165) is 19.3 Å². The first-order valence-corrected chi connectivity index (χ1v) is 7.64. The Morgan fingerprint density at radius 2 is 2.46 bits per heavy atom. The molecule has 0 saturated heterocycles. The second-order valence-electron chi connectivity index (χ2n) is 3.86. The van der Waals surface area contributed by atoms with Gasteiger partial charge in [0.25, 0.3) is 0 Å². The number of hydrogen-bond acceptors (Lipinski definition) is 2. The van der Waals surface area contributed by atoms with Crippen molar-refractivity contribution >= 4 is 30.3 Å². The second kappa shape index (κ2) is 3.47. The van der Waals surface area contributed by atoms with Gasteiger partial charge in [-0.25, -0.2) is 0 Å². The lowest BCUT2D eigenvalue weighted by Gasteiger charge is -2.28. The first kappa shape index (κ1) is 9.86. The molecule has 72 valence electrons. The fraction of sp³-hybridized carbons (Fsp3) is 0.556. The number of halogens is 1. The van der Waals surface area contributed by atoms with Crippen molar-refractivity contribution in [3.8, 4) is 0 Å². The van der Waals surface area contributed by atoms with Crippen LogP contribution in [0, 0.1) is 0 Å². The Kier molecular flexibility index (Phi) is 2.63. The number of fused-ring (bicyclic) bond motifs is 1. The number of hydrogen-bond donors (Lipinski definition) is 1. The van der Waals surface area contributed by atoms with E-state index in [2.05, 4.69) is 37.4 Å². The minimum atomic E-state index is -0.504. The highest BCUT2D eigenvalue weighted by Gasteiger charge is 2.29. The lowest BCUT2D eigenvalue weighted by atomic mass is 9.86. The molecule has 0 radical (unpaired) electrons. The molecule has 0 amide bonds. The average molecular weight is 309 g/mol. The molecule has 2 rings (SSSR count). The number of aliphatic hydroxyl groups is 1. The highest BCUT2D eigenvalue weighted by atomic mass is 127. The van der Waals surface area contributed by atoms with Crippen molar-refractivity contribution in [2.45, 2.75) is 31.8 Å². The van der Waals surface area contributed by atoms with Crippen molar-refractivity contribution in [1.82, 2.24) is 3.97 Å². The molecular formula is C9H12INOS. The molecule has 4 heteroatoms. The van der Waals surface area contributed by atoms with Gasteiger partial charge in [0.2, 0.25) is 0 Å². The van der Waals surface area contributed by atoms with Crippen molar-refractivity contribution < 1.29 is 5.11 Å². The van der Waals surface area contributed by atoms with Crippen LogP contribution in [-0.4, -0.2) is 14.7 Å². The van der Waals surface area contributed by atoms with Crippen LogP contribution in [0.4, 0.5) is 0 Å². The highest BCUT2D eigenvalue weighted by Crippen LogP contribution is 2.32. The SMILES string of the molecule is CC1(O)CCc2ccn(SI)c2C1. The van der Waals surface area contributed by atoms with Gasteiger partial charge in [0.15, 0.2) is 0 Å². The quantitative estimate of drug-likeness (QED) is 0.807. The smallest absolute Gasteiger partial charge is 0.0677 e. The van der Waals surface area contributed by atoms with Crippen molar-refractivity contribution in [3.63, 3.8) is 0 Å². The maximum atomic E-state index is 9.93. The summed E-state index contributed by atoms with van der Waals surface area (Å²) < 4.78 is 2.14. The molecule has 2 nitrogen and oxygen atoms in total. The van der Waals surface area contributed by atoms with Crippen molar-refractivity contribution in [2.75, 3.05) is 0 Å². The minimum Gasteiger partial charge on any atom is -0.390 e. The first-order chi connectivity index (χ1) is 6.12. The predicted octanol–water partition coefficient (Wildman–Crippen LogP) is 2.57. The van der Waals surface area contributed by atoms with Gasteiger partial charge in [0, 0.05) is 48.6 Å². The molecule has 1 aliphatic rings. The molecule has 0 spiro atoms. The van der Waals surface area contributed by atoms with E-state index in [4.69, 9.17) is 0 Å². The van der Waals surface area contributed by atoms with Crippen LogP contribution in [0.2, 0.25) is 0 Å². The second-order valence-corrected chi connectivity index (χ2v) is 5.57. The summed E-state index contributed by atoms with van der Waals surface area (Å²) in [6.07, 6.45) is 4.76. The molecule has 1 unspecified atom stereocenters. The molecule has 0 saturated carbocycles. The number of aryl methyl sites for hydroxylation is 1. The van der Waals surface area contributed by atoms with Gasteiger partial charge in [-0.05, 0) is 31.4 Å². The topological polar surface area (TPSA) is 25.2 Å². The van der Waals surface area contributed by atoms with Gasteiger partial charge in [-0.15, -0.1) is 0 Å². The van der Waals surface area contributed by atoms with E-state index in [1.165, 1.54) is 11.3 Å². The van der Waals surface area contributed by atoms with Crippen LogP contribution in [0.3, 0.4) is 0 Å². The van der Waals surface area contributed by atoms with Gasteiger partial charge in [-0.1, -0.05) is 0 Å². The van der Waals surface area contributed by atoms with Gasteiger partial charge in [-0.2, -0.15) is 0 Å². The van der Waals surface area contributed by atoms with Gasteiger partial charge in [-0.3, -0.25) is 3.97 Å². The molecule has 0 aromatic carbocycles. The van der Waals surface area contributed by atoms with Crippen molar-refractivity contribution in [2.24, 2.45) is 0 Å². The third-order valence-electron chi connectivity index (χ3n) is 2.60. The van der Waals surface area contributed by atoms with Crippen LogP contribution in [-0.2, 0) is 12.8 Å². The molecular weight excluding hydrogens is 297 g/mol. The van der Waals surface area contributed by atoms with Crippen LogP contribution >= 0.6 is 30.3 Å². The number of rotatable bonds is 1. The van der Waals surface area contributed by atoms with Crippen LogP contribution in [0.5, 0.6) is 0 Å². The number of nitrogens with zero attached hydrogens (tertiary/aromatic N) is 1. The Hall–Kier alpha value is 0.320. The summed E-state index contributed by atoms with van der Waals surface area (Å²) in [5.74, 6) is 0. The van der Waals surface area contributed by atoms with E-state index in [-0.39, 0.29) is 0 Å². The predicted molar refractivity (Wildman–Crippen MR) is 64.1 cm³/mol. The lowest BCUT2D eigenvalue weighted by Crippen LogP contribution is -2.32. The van der Waals surface area contributed by atoms with E-state index in [1.807, 2.05) is 6.92 Å². The number of aromatic nitrogens is 1.